The third-order valence-corrected chi connectivity index (χ3v) is 6.98. The molecule has 31 heavy (non-hydrogen) atoms. The van der Waals surface area contributed by atoms with Crippen LogP contribution in [0, 0.1) is 6.92 Å². The van der Waals surface area contributed by atoms with Crippen molar-refractivity contribution >= 4 is 44.5 Å². The van der Waals surface area contributed by atoms with Gasteiger partial charge in [-0.25, -0.2) is 8.42 Å². The van der Waals surface area contributed by atoms with Crippen molar-refractivity contribution in [2.75, 3.05) is 16.6 Å². The summed E-state index contributed by atoms with van der Waals surface area (Å²) in [6, 6.07) is 15.7. The topological polar surface area (TPSA) is 104 Å². The van der Waals surface area contributed by atoms with Crippen molar-refractivity contribution in [1.82, 2.24) is 5.32 Å². The molecule has 1 aromatic heterocycles. The van der Waals surface area contributed by atoms with Crippen molar-refractivity contribution in [3.05, 3.63) is 76.0 Å². The number of hydrogen-bond donors (Lipinski definition) is 3. The van der Waals surface area contributed by atoms with Crippen LogP contribution in [0.15, 0.2) is 64.9 Å². The molecule has 0 aliphatic rings. The first kappa shape index (κ1) is 22.5. The Balaban J connectivity index is 1.66. The Bertz CT molecular complexity index is 1190. The molecular weight excluding hydrogens is 434 g/mol. The van der Waals surface area contributed by atoms with Gasteiger partial charge in [0.1, 0.15) is 9.77 Å². The summed E-state index contributed by atoms with van der Waals surface area (Å²) in [7, 11) is -3.96. The zero-order valence-electron chi connectivity index (χ0n) is 17.1. The van der Waals surface area contributed by atoms with Crippen LogP contribution in [-0.2, 0) is 21.2 Å². The zero-order valence-corrected chi connectivity index (χ0v) is 18.8. The number of amides is 2. The average Bonchev–Trinajstić information content (AvgIpc) is 3.25. The Hall–Kier alpha value is -3.17. The van der Waals surface area contributed by atoms with E-state index in [1.165, 1.54) is 11.4 Å². The van der Waals surface area contributed by atoms with E-state index in [1.54, 1.807) is 30.3 Å². The van der Waals surface area contributed by atoms with Crippen LogP contribution >= 0.6 is 11.3 Å². The average molecular weight is 458 g/mol. The number of benzene rings is 2. The van der Waals surface area contributed by atoms with Crippen LogP contribution in [-0.4, -0.2) is 26.8 Å². The highest BCUT2D eigenvalue weighted by atomic mass is 32.2. The molecule has 9 heteroatoms. The summed E-state index contributed by atoms with van der Waals surface area (Å²) in [5.41, 5.74) is 3.07. The maximum atomic E-state index is 12.8. The summed E-state index contributed by atoms with van der Waals surface area (Å²) in [5, 5.41) is 6.78. The molecule has 0 aliphatic heterocycles. The van der Waals surface area contributed by atoms with Crippen molar-refractivity contribution in [1.29, 1.82) is 0 Å². The maximum absolute atomic E-state index is 12.8. The third kappa shape index (κ3) is 5.71. The lowest BCUT2D eigenvalue weighted by molar-refractivity contribution is -0.115. The molecule has 0 fully saturated rings. The number of carbonyl (C=O) groups is 2. The van der Waals surface area contributed by atoms with E-state index < -0.39 is 21.8 Å². The number of rotatable bonds is 8. The van der Waals surface area contributed by atoms with Gasteiger partial charge in [-0.1, -0.05) is 42.8 Å². The van der Waals surface area contributed by atoms with Crippen LogP contribution in [0.2, 0.25) is 0 Å². The van der Waals surface area contributed by atoms with E-state index in [1.807, 2.05) is 32.0 Å². The quantitative estimate of drug-likeness (QED) is 0.479. The second-order valence-corrected chi connectivity index (χ2v) is 9.39. The largest absolute Gasteiger partial charge is 0.342 e. The lowest BCUT2D eigenvalue weighted by Crippen LogP contribution is -2.33. The van der Waals surface area contributed by atoms with Crippen LogP contribution in [0.1, 0.15) is 27.7 Å². The highest BCUT2D eigenvalue weighted by molar-refractivity contribution is 7.93. The Kier molecular flexibility index (Phi) is 7.09. The molecule has 0 aliphatic carbocycles. The number of nitrogens with one attached hydrogen (secondary N) is 3. The molecule has 0 unspecified atom stereocenters. The third-order valence-electron chi connectivity index (χ3n) is 4.51. The lowest BCUT2D eigenvalue weighted by atomic mass is 10.1. The Morgan fingerprint density at radius 2 is 1.71 bits per heavy atom. The summed E-state index contributed by atoms with van der Waals surface area (Å²) in [4.78, 5) is 24.7. The van der Waals surface area contributed by atoms with Gasteiger partial charge in [-0.05, 0) is 48.6 Å². The van der Waals surface area contributed by atoms with Crippen molar-refractivity contribution in [2.24, 2.45) is 0 Å². The summed E-state index contributed by atoms with van der Waals surface area (Å²) >= 11 is 0.996. The van der Waals surface area contributed by atoms with Gasteiger partial charge in [-0.15, -0.1) is 11.3 Å². The van der Waals surface area contributed by atoms with E-state index in [-0.39, 0.29) is 16.3 Å². The molecule has 162 valence electrons. The standard InChI is InChI=1S/C22H23N3O4S2/c1-3-16-6-4-5-7-18(16)24-20(26)14-23-22(27)21-19(12-13-30-21)31(28,29)25-17-10-8-15(2)9-11-17/h4-13,25H,3,14H2,1-2H3,(H,23,27)(H,24,26). The molecule has 0 atom stereocenters. The molecule has 0 saturated carbocycles. The molecule has 1 heterocycles. The van der Waals surface area contributed by atoms with Crippen LogP contribution in [0.3, 0.4) is 0 Å². The maximum Gasteiger partial charge on any atom is 0.263 e. The minimum absolute atomic E-state index is 0.0152. The smallest absolute Gasteiger partial charge is 0.263 e. The van der Waals surface area contributed by atoms with Crippen molar-refractivity contribution in [2.45, 2.75) is 25.2 Å². The molecule has 7 nitrogen and oxygen atoms in total. The van der Waals surface area contributed by atoms with Gasteiger partial charge in [0, 0.05) is 11.4 Å². The second-order valence-electron chi connectivity index (χ2n) is 6.83. The SMILES string of the molecule is CCc1ccccc1NC(=O)CNC(=O)c1sccc1S(=O)(=O)Nc1ccc(C)cc1. The molecule has 3 rings (SSSR count). The second kappa shape index (κ2) is 9.76. The first-order chi connectivity index (χ1) is 14.8. The lowest BCUT2D eigenvalue weighted by Gasteiger charge is -2.11. The molecule has 0 radical (unpaired) electrons. The van der Waals surface area contributed by atoms with Gasteiger partial charge >= 0.3 is 0 Å². The molecule has 3 N–H and O–H groups in total. The van der Waals surface area contributed by atoms with E-state index in [0.717, 1.165) is 28.9 Å². The molecular formula is C22H23N3O4S2. The fourth-order valence-corrected chi connectivity index (χ4v) is 5.30. The van der Waals surface area contributed by atoms with Crippen molar-refractivity contribution < 1.29 is 18.0 Å². The summed E-state index contributed by atoms with van der Waals surface area (Å²) in [6.45, 7) is 3.60. The highest BCUT2D eigenvalue weighted by Gasteiger charge is 2.24. The summed E-state index contributed by atoms with van der Waals surface area (Å²) in [6.07, 6.45) is 0.757. The fourth-order valence-electron chi connectivity index (χ4n) is 2.89. The molecule has 2 aromatic carbocycles. The van der Waals surface area contributed by atoms with E-state index in [4.69, 9.17) is 0 Å². The molecule has 2 amide bonds. The predicted molar refractivity (Wildman–Crippen MR) is 123 cm³/mol. The van der Waals surface area contributed by atoms with Gasteiger partial charge in [0.15, 0.2) is 0 Å². The molecule has 0 saturated heterocycles. The number of para-hydroxylation sites is 1. The number of hydrogen-bond acceptors (Lipinski definition) is 5. The van der Waals surface area contributed by atoms with E-state index in [2.05, 4.69) is 15.4 Å². The monoisotopic (exact) mass is 457 g/mol. The van der Waals surface area contributed by atoms with Gasteiger partial charge in [-0.3, -0.25) is 14.3 Å². The van der Waals surface area contributed by atoms with Gasteiger partial charge in [0.25, 0.3) is 15.9 Å². The number of carbonyl (C=O) groups excluding carboxylic acids is 2. The number of thiophene rings is 1. The van der Waals surface area contributed by atoms with Gasteiger partial charge in [0.05, 0.1) is 6.54 Å². The van der Waals surface area contributed by atoms with Crippen LogP contribution in [0.4, 0.5) is 11.4 Å². The number of aryl methyl sites for hydroxylation is 2. The van der Waals surface area contributed by atoms with Crippen molar-refractivity contribution in [3.8, 4) is 0 Å². The van der Waals surface area contributed by atoms with Crippen LogP contribution in [0.25, 0.3) is 0 Å². The van der Waals surface area contributed by atoms with Gasteiger partial charge in [-0.2, -0.15) is 0 Å². The van der Waals surface area contributed by atoms with Crippen LogP contribution in [0.5, 0.6) is 0 Å². The first-order valence-corrected chi connectivity index (χ1v) is 12.0. The minimum Gasteiger partial charge on any atom is -0.342 e. The van der Waals surface area contributed by atoms with E-state index in [0.29, 0.717) is 11.4 Å². The predicted octanol–water partition coefficient (Wildman–Crippen LogP) is 3.79. The highest BCUT2D eigenvalue weighted by Crippen LogP contribution is 2.24. The van der Waals surface area contributed by atoms with Crippen molar-refractivity contribution in [3.63, 3.8) is 0 Å². The first-order valence-electron chi connectivity index (χ1n) is 9.63. The van der Waals surface area contributed by atoms with E-state index >= 15 is 0 Å². The number of anilines is 2. The zero-order chi connectivity index (χ0) is 22.4. The Morgan fingerprint density at radius 1 is 1.00 bits per heavy atom. The Morgan fingerprint density at radius 3 is 2.42 bits per heavy atom. The van der Waals surface area contributed by atoms with Gasteiger partial charge < -0.3 is 10.6 Å². The van der Waals surface area contributed by atoms with Crippen LogP contribution < -0.4 is 15.4 Å². The summed E-state index contributed by atoms with van der Waals surface area (Å²) < 4.78 is 28.0. The normalized spacial score (nSPS) is 11.0. The van der Waals surface area contributed by atoms with Gasteiger partial charge in [0.2, 0.25) is 5.91 Å². The Labute approximate surface area is 185 Å². The molecule has 3 aromatic rings. The summed E-state index contributed by atoms with van der Waals surface area (Å²) in [5.74, 6) is -1.02. The van der Waals surface area contributed by atoms with E-state index in [9.17, 15) is 18.0 Å². The molecule has 0 spiro atoms. The fraction of sp³-hybridized carbons (Fsp3) is 0.182. The number of sulfonamides is 1. The molecule has 0 bridgehead atoms. The minimum atomic E-state index is -3.96.